The Balaban J connectivity index is 1.37. The molecule has 0 nitrogen and oxygen atoms in total. The second-order valence-corrected chi connectivity index (χ2v) is 12.3. The van der Waals surface area contributed by atoms with E-state index in [0.717, 1.165) is 0 Å². The summed E-state index contributed by atoms with van der Waals surface area (Å²) in [6, 6.07) is 58.0. The van der Waals surface area contributed by atoms with Gasteiger partial charge in [-0.15, -0.1) is 11.3 Å². The van der Waals surface area contributed by atoms with E-state index >= 15 is 0 Å². The van der Waals surface area contributed by atoms with Gasteiger partial charge in [0, 0.05) is 20.2 Å². The Kier molecular flexibility index (Phi) is 5.47. The number of hydrogen-bond donors (Lipinski definition) is 0. The lowest BCUT2D eigenvalue weighted by molar-refractivity contribution is 1.63. The molecule has 200 valence electrons. The van der Waals surface area contributed by atoms with Crippen molar-refractivity contribution in [3.8, 4) is 33.4 Å². The van der Waals surface area contributed by atoms with Gasteiger partial charge in [0.2, 0.25) is 0 Å². The van der Waals surface area contributed by atoms with E-state index in [1.54, 1.807) is 0 Å². The molecule has 1 heteroatoms. The first-order valence-electron chi connectivity index (χ1n) is 14.8. The Hall–Kier alpha value is -5.24. The quantitative estimate of drug-likeness (QED) is 0.188. The molecule has 9 rings (SSSR count). The summed E-state index contributed by atoms with van der Waals surface area (Å²) in [4.78, 5) is 0. The van der Waals surface area contributed by atoms with Crippen molar-refractivity contribution in [1.82, 2.24) is 0 Å². The summed E-state index contributed by atoms with van der Waals surface area (Å²) in [5.41, 5.74) is 7.65. The van der Waals surface area contributed by atoms with Crippen molar-refractivity contribution in [3.05, 3.63) is 158 Å². The fraction of sp³-hybridized carbons (Fsp3) is 0. The number of rotatable bonds is 3. The first-order valence-corrected chi connectivity index (χ1v) is 15.6. The summed E-state index contributed by atoms with van der Waals surface area (Å²) in [6.45, 7) is 0. The topological polar surface area (TPSA) is 0 Å². The lowest BCUT2D eigenvalue weighted by Gasteiger charge is -2.20. The van der Waals surface area contributed by atoms with Gasteiger partial charge in [0.05, 0.1) is 0 Å². The molecule has 0 spiro atoms. The van der Waals surface area contributed by atoms with Crippen molar-refractivity contribution >= 4 is 63.8 Å². The monoisotopic (exact) mass is 562 g/mol. The standard InChI is InChI=1S/C42H26S/c1-2-14-29-27(12-1)13-11-22-30(29)31-15-3-4-17-34(31)42-37-20-7-5-18-35(37)41(36-19-6-8-21-38(36)42)28-24-25-33-32-16-9-10-23-39(32)43-40(33)26-28/h1-26H. The molecule has 0 aliphatic heterocycles. The lowest BCUT2D eigenvalue weighted by Crippen LogP contribution is -1.93. The van der Waals surface area contributed by atoms with Gasteiger partial charge in [-0.25, -0.2) is 0 Å². The third kappa shape index (κ3) is 3.75. The maximum absolute atomic E-state index is 2.40. The van der Waals surface area contributed by atoms with Crippen LogP contribution < -0.4 is 0 Å². The van der Waals surface area contributed by atoms with Crippen LogP contribution in [0, 0.1) is 0 Å². The molecule has 8 aromatic carbocycles. The highest BCUT2D eigenvalue weighted by Gasteiger charge is 2.19. The van der Waals surface area contributed by atoms with Crippen LogP contribution in [0.4, 0.5) is 0 Å². The highest BCUT2D eigenvalue weighted by molar-refractivity contribution is 7.25. The molecule has 0 amide bonds. The smallest absolute Gasteiger partial charge is 0.0361 e. The van der Waals surface area contributed by atoms with Gasteiger partial charge in [-0.3, -0.25) is 0 Å². The van der Waals surface area contributed by atoms with Gasteiger partial charge in [0.15, 0.2) is 0 Å². The van der Waals surface area contributed by atoms with E-state index in [0.29, 0.717) is 0 Å². The van der Waals surface area contributed by atoms with Gasteiger partial charge in [-0.05, 0) is 77.8 Å². The van der Waals surface area contributed by atoms with Crippen LogP contribution in [-0.4, -0.2) is 0 Å². The summed E-state index contributed by atoms with van der Waals surface area (Å²) >= 11 is 1.88. The van der Waals surface area contributed by atoms with Gasteiger partial charge in [0.25, 0.3) is 0 Å². The van der Waals surface area contributed by atoms with Gasteiger partial charge < -0.3 is 0 Å². The van der Waals surface area contributed by atoms with Gasteiger partial charge >= 0.3 is 0 Å². The molecule has 1 heterocycles. The fourth-order valence-electron chi connectivity index (χ4n) is 7.01. The van der Waals surface area contributed by atoms with Crippen molar-refractivity contribution < 1.29 is 0 Å². The summed E-state index contributed by atoms with van der Waals surface area (Å²) in [5, 5.41) is 10.3. The van der Waals surface area contributed by atoms with Crippen molar-refractivity contribution in [2.45, 2.75) is 0 Å². The Morgan fingerprint density at radius 1 is 0.302 bits per heavy atom. The highest BCUT2D eigenvalue weighted by atomic mass is 32.1. The molecule has 0 bridgehead atoms. The molecule has 0 aliphatic rings. The average Bonchev–Trinajstić information content (AvgIpc) is 3.45. The molecular formula is C42H26S. The normalized spacial score (nSPS) is 11.7. The largest absolute Gasteiger partial charge is 0.135 e. The first kappa shape index (κ1) is 24.4. The van der Waals surface area contributed by atoms with E-state index in [1.165, 1.54) is 85.9 Å². The molecule has 9 aromatic rings. The highest BCUT2D eigenvalue weighted by Crippen LogP contribution is 2.47. The van der Waals surface area contributed by atoms with E-state index in [9.17, 15) is 0 Å². The SMILES string of the molecule is c1ccc(-c2c3ccccc3c(-c3ccc4c(c3)sc3ccccc34)c3ccccc23)c(-c2cccc3ccccc23)c1. The minimum absolute atomic E-state index is 1.26. The maximum Gasteiger partial charge on any atom is 0.0361 e. The van der Waals surface area contributed by atoms with E-state index in [-0.39, 0.29) is 0 Å². The number of hydrogen-bond acceptors (Lipinski definition) is 1. The number of thiophene rings is 1. The van der Waals surface area contributed by atoms with E-state index in [1.807, 2.05) is 11.3 Å². The van der Waals surface area contributed by atoms with Crippen LogP contribution in [0.25, 0.3) is 85.9 Å². The third-order valence-electron chi connectivity index (χ3n) is 8.88. The summed E-state index contributed by atoms with van der Waals surface area (Å²) < 4.78 is 2.67. The summed E-state index contributed by atoms with van der Waals surface area (Å²) in [6.07, 6.45) is 0. The predicted octanol–water partition coefficient (Wildman–Crippen LogP) is 12.5. The molecule has 0 saturated heterocycles. The molecule has 0 fully saturated rings. The third-order valence-corrected chi connectivity index (χ3v) is 10.0. The van der Waals surface area contributed by atoms with Crippen LogP contribution in [0.5, 0.6) is 0 Å². The molecule has 0 unspecified atom stereocenters. The van der Waals surface area contributed by atoms with Crippen LogP contribution in [0.15, 0.2) is 158 Å². The van der Waals surface area contributed by atoms with E-state index in [4.69, 9.17) is 0 Å². The summed E-state index contributed by atoms with van der Waals surface area (Å²) in [5.74, 6) is 0. The zero-order valence-electron chi connectivity index (χ0n) is 23.4. The van der Waals surface area contributed by atoms with E-state index < -0.39 is 0 Å². The second-order valence-electron chi connectivity index (χ2n) is 11.2. The molecule has 0 aliphatic carbocycles. The van der Waals surface area contributed by atoms with Crippen molar-refractivity contribution in [1.29, 1.82) is 0 Å². The molecule has 0 saturated carbocycles. The predicted molar refractivity (Wildman–Crippen MR) is 188 cm³/mol. The zero-order valence-corrected chi connectivity index (χ0v) is 24.2. The molecular weight excluding hydrogens is 537 g/mol. The Bertz CT molecular complexity index is 2450. The Labute approximate surface area is 254 Å². The van der Waals surface area contributed by atoms with Crippen LogP contribution in [0.3, 0.4) is 0 Å². The van der Waals surface area contributed by atoms with Crippen LogP contribution in [0.1, 0.15) is 0 Å². The van der Waals surface area contributed by atoms with Gasteiger partial charge in [-0.2, -0.15) is 0 Å². The van der Waals surface area contributed by atoms with Crippen LogP contribution in [-0.2, 0) is 0 Å². The zero-order chi connectivity index (χ0) is 28.3. The van der Waals surface area contributed by atoms with Gasteiger partial charge in [-0.1, -0.05) is 146 Å². The Morgan fingerprint density at radius 3 is 1.56 bits per heavy atom. The van der Waals surface area contributed by atoms with Crippen LogP contribution >= 0.6 is 11.3 Å². The first-order chi connectivity index (χ1) is 21.3. The molecule has 0 radical (unpaired) electrons. The van der Waals surface area contributed by atoms with Crippen molar-refractivity contribution in [3.63, 3.8) is 0 Å². The van der Waals surface area contributed by atoms with Crippen LogP contribution in [0.2, 0.25) is 0 Å². The molecule has 1 aromatic heterocycles. The maximum atomic E-state index is 2.40. The van der Waals surface area contributed by atoms with Crippen molar-refractivity contribution in [2.24, 2.45) is 0 Å². The Morgan fingerprint density at radius 2 is 0.814 bits per heavy atom. The average molecular weight is 563 g/mol. The fourth-order valence-corrected chi connectivity index (χ4v) is 8.15. The minimum atomic E-state index is 1.26. The second kappa shape index (κ2) is 9.66. The number of fused-ring (bicyclic) bond motifs is 6. The summed E-state index contributed by atoms with van der Waals surface area (Å²) in [7, 11) is 0. The minimum Gasteiger partial charge on any atom is -0.135 e. The molecule has 0 N–H and O–H groups in total. The van der Waals surface area contributed by atoms with E-state index in [2.05, 4.69) is 158 Å². The molecule has 0 atom stereocenters. The number of benzene rings is 8. The van der Waals surface area contributed by atoms with Crippen molar-refractivity contribution in [2.75, 3.05) is 0 Å². The molecule has 43 heavy (non-hydrogen) atoms. The lowest BCUT2D eigenvalue weighted by atomic mass is 9.83. The van der Waals surface area contributed by atoms with Gasteiger partial charge in [0.1, 0.15) is 0 Å².